The number of rotatable bonds is 5. The zero-order valence-corrected chi connectivity index (χ0v) is 19.2. The van der Waals surface area contributed by atoms with Crippen LogP contribution in [0.5, 0.6) is 0 Å². The molecule has 0 bridgehead atoms. The third-order valence-corrected chi connectivity index (χ3v) is 8.84. The summed E-state index contributed by atoms with van der Waals surface area (Å²) < 4.78 is 27.7. The van der Waals surface area contributed by atoms with Crippen molar-refractivity contribution in [1.29, 1.82) is 0 Å². The number of hydrogen-bond acceptors (Lipinski definition) is 5. The van der Waals surface area contributed by atoms with Crippen molar-refractivity contribution in [2.45, 2.75) is 61.8 Å². The number of nitrogens with one attached hydrogen (secondary N) is 1. The van der Waals surface area contributed by atoms with E-state index in [4.69, 9.17) is 0 Å². The van der Waals surface area contributed by atoms with E-state index in [-0.39, 0.29) is 16.5 Å². The number of likely N-dealkylation sites (N-methyl/N-ethyl adjacent to an activating group) is 1. The van der Waals surface area contributed by atoms with Gasteiger partial charge in [-0.3, -0.25) is 14.5 Å². The van der Waals surface area contributed by atoms with Crippen LogP contribution in [0.15, 0.2) is 29.2 Å². The van der Waals surface area contributed by atoms with Gasteiger partial charge in [-0.2, -0.15) is 4.31 Å². The van der Waals surface area contributed by atoms with E-state index in [1.807, 2.05) is 0 Å². The first-order valence-electron chi connectivity index (χ1n) is 11.3. The lowest BCUT2D eigenvalue weighted by molar-refractivity contribution is -0.136. The van der Waals surface area contributed by atoms with E-state index in [0.29, 0.717) is 25.9 Å². The van der Waals surface area contributed by atoms with E-state index in [9.17, 15) is 22.8 Å². The second kappa shape index (κ2) is 8.82. The van der Waals surface area contributed by atoms with Crippen molar-refractivity contribution in [2.24, 2.45) is 0 Å². The van der Waals surface area contributed by atoms with E-state index in [1.54, 1.807) is 19.2 Å². The average Bonchev–Trinajstić information content (AvgIpc) is 2.97. The topological polar surface area (TPSA) is 107 Å². The van der Waals surface area contributed by atoms with E-state index in [0.717, 1.165) is 43.4 Å². The van der Waals surface area contributed by atoms with Crippen molar-refractivity contribution < 1.29 is 22.8 Å². The third-order valence-electron chi connectivity index (χ3n) is 6.88. The van der Waals surface area contributed by atoms with Gasteiger partial charge in [-0.15, -0.1) is 0 Å². The van der Waals surface area contributed by atoms with Crippen LogP contribution < -0.4 is 5.32 Å². The van der Waals surface area contributed by atoms with Gasteiger partial charge in [0.2, 0.25) is 15.9 Å². The number of benzene rings is 1. The predicted molar refractivity (Wildman–Crippen MR) is 118 cm³/mol. The summed E-state index contributed by atoms with van der Waals surface area (Å²) in [6.07, 6.45) is 6.57. The Hall–Kier alpha value is -2.46. The van der Waals surface area contributed by atoms with Gasteiger partial charge in [0, 0.05) is 20.1 Å². The average molecular weight is 463 g/mol. The van der Waals surface area contributed by atoms with Crippen LogP contribution in [0.3, 0.4) is 0 Å². The zero-order valence-electron chi connectivity index (χ0n) is 18.4. The minimum absolute atomic E-state index is 0.0233. The number of amides is 4. The number of carbonyl (C=O) groups is 3. The Morgan fingerprint density at radius 3 is 2.31 bits per heavy atom. The number of urea groups is 1. The van der Waals surface area contributed by atoms with Crippen LogP contribution in [0.2, 0.25) is 0 Å². The van der Waals surface area contributed by atoms with Crippen molar-refractivity contribution in [3.05, 3.63) is 24.3 Å². The number of imide groups is 1. The quantitative estimate of drug-likeness (QED) is 0.676. The molecule has 10 heteroatoms. The van der Waals surface area contributed by atoms with Crippen molar-refractivity contribution >= 4 is 33.6 Å². The molecule has 32 heavy (non-hydrogen) atoms. The van der Waals surface area contributed by atoms with Gasteiger partial charge in [-0.1, -0.05) is 37.8 Å². The maximum Gasteiger partial charge on any atom is 0.327 e. The van der Waals surface area contributed by atoms with Gasteiger partial charge in [0.1, 0.15) is 17.0 Å². The number of hydrogen-bond donors (Lipinski definition) is 1. The van der Waals surface area contributed by atoms with Crippen LogP contribution in [0.25, 0.3) is 0 Å². The fourth-order valence-electron chi connectivity index (χ4n) is 5.04. The Morgan fingerprint density at radius 1 is 1.00 bits per heavy atom. The largest absolute Gasteiger partial charge is 0.327 e. The number of piperidine rings is 1. The molecule has 4 rings (SSSR count). The van der Waals surface area contributed by atoms with Crippen LogP contribution >= 0.6 is 0 Å². The molecule has 2 heterocycles. The van der Waals surface area contributed by atoms with Gasteiger partial charge in [0.05, 0.1) is 5.69 Å². The van der Waals surface area contributed by atoms with Crippen molar-refractivity contribution in [3.63, 3.8) is 0 Å². The highest BCUT2D eigenvalue weighted by atomic mass is 32.2. The highest BCUT2D eigenvalue weighted by Gasteiger charge is 2.55. The molecule has 0 unspecified atom stereocenters. The van der Waals surface area contributed by atoms with Crippen molar-refractivity contribution in [3.8, 4) is 0 Å². The maximum atomic E-state index is 13.1. The van der Waals surface area contributed by atoms with Crippen molar-refractivity contribution in [1.82, 2.24) is 14.1 Å². The summed E-state index contributed by atoms with van der Waals surface area (Å²) >= 11 is 0. The van der Waals surface area contributed by atoms with Crippen LogP contribution in [0.1, 0.15) is 51.4 Å². The summed E-state index contributed by atoms with van der Waals surface area (Å²) in [6.45, 7) is 0.466. The van der Waals surface area contributed by atoms with Gasteiger partial charge in [0.15, 0.2) is 0 Å². The molecule has 9 nitrogen and oxygen atoms in total. The van der Waals surface area contributed by atoms with Gasteiger partial charge in [-0.05, 0) is 37.8 Å². The lowest BCUT2D eigenvalue weighted by Gasteiger charge is -2.35. The minimum Gasteiger partial charge on any atom is -0.323 e. The minimum atomic E-state index is -3.76. The SMILES string of the molecule is CN1C(=O)N(CC(=O)Nc2ccccc2S(=O)(=O)N2CCCCC2)C(=O)C12CCCCC2. The normalized spacial score (nSPS) is 21.9. The molecule has 4 amide bonds. The van der Waals surface area contributed by atoms with E-state index in [1.165, 1.54) is 21.3 Å². The summed E-state index contributed by atoms with van der Waals surface area (Å²) in [5.41, 5.74) is -0.701. The molecular formula is C22H30N4O5S. The summed E-state index contributed by atoms with van der Waals surface area (Å²) in [5, 5.41) is 2.62. The van der Waals surface area contributed by atoms with Crippen molar-refractivity contribution in [2.75, 3.05) is 32.0 Å². The Bertz CT molecular complexity index is 1010. The van der Waals surface area contributed by atoms with E-state index < -0.39 is 34.0 Å². The Morgan fingerprint density at radius 2 is 1.62 bits per heavy atom. The van der Waals surface area contributed by atoms with E-state index >= 15 is 0 Å². The fraction of sp³-hybridized carbons (Fsp3) is 0.591. The Labute approximate surface area is 188 Å². The van der Waals surface area contributed by atoms with Gasteiger partial charge < -0.3 is 10.2 Å². The number of para-hydroxylation sites is 1. The highest BCUT2D eigenvalue weighted by molar-refractivity contribution is 7.89. The monoisotopic (exact) mass is 462 g/mol. The molecule has 1 aliphatic carbocycles. The molecule has 2 saturated heterocycles. The van der Waals surface area contributed by atoms with Gasteiger partial charge >= 0.3 is 6.03 Å². The number of nitrogens with zero attached hydrogens (tertiary/aromatic N) is 3. The molecule has 0 radical (unpaired) electrons. The lowest BCUT2D eigenvalue weighted by atomic mass is 9.81. The molecule has 2 aliphatic heterocycles. The molecule has 3 aliphatic rings. The third kappa shape index (κ3) is 3.90. The van der Waals surface area contributed by atoms with Crippen LogP contribution in [-0.4, -0.2) is 72.6 Å². The smallest absolute Gasteiger partial charge is 0.323 e. The summed E-state index contributed by atoms with van der Waals surface area (Å²) in [6, 6.07) is 5.76. The van der Waals surface area contributed by atoms with Gasteiger partial charge in [0.25, 0.3) is 5.91 Å². The first-order chi connectivity index (χ1) is 15.3. The number of anilines is 1. The molecule has 174 valence electrons. The standard InChI is InChI=1S/C22H30N4O5S/c1-24-21(29)26(20(28)22(24)12-6-2-7-13-22)16-19(27)23-17-10-4-5-11-18(17)32(30,31)25-14-8-3-9-15-25/h4-5,10-11H,2-3,6-9,12-16H2,1H3,(H,23,27). The lowest BCUT2D eigenvalue weighted by Crippen LogP contribution is -2.49. The summed E-state index contributed by atoms with van der Waals surface area (Å²) in [4.78, 5) is 41.2. The Balaban J connectivity index is 1.51. The Kier molecular flexibility index (Phi) is 6.26. The molecular weight excluding hydrogens is 432 g/mol. The molecule has 1 saturated carbocycles. The number of carbonyl (C=O) groups excluding carboxylic acids is 3. The van der Waals surface area contributed by atoms with E-state index in [2.05, 4.69) is 5.32 Å². The van der Waals surface area contributed by atoms with Crippen LogP contribution in [0.4, 0.5) is 10.5 Å². The van der Waals surface area contributed by atoms with Crippen LogP contribution in [-0.2, 0) is 19.6 Å². The van der Waals surface area contributed by atoms with Gasteiger partial charge in [-0.25, -0.2) is 13.2 Å². The first-order valence-corrected chi connectivity index (χ1v) is 12.7. The molecule has 1 aromatic carbocycles. The second-order valence-corrected chi connectivity index (χ2v) is 10.7. The molecule has 1 spiro atoms. The first kappa shape index (κ1) is 22.7. The molecule has 0 atom stereocenters. The predicted octanol–water partition coefficient (Wildman–Crippen LogP) is 2.40. The van der Waals surface area contributed by atoms with Crippen LogP contribution in [0, 0.1) is 0 Å². The summed E-state index contributed by atoms with van der Waals surface area (Å²) in [5.74, 6) is -0.941. The second-order valence-electron chi connectivity index (χ2n) is 8.83. The number of sulfonamides is 1. The fourth-order valence-corrected chi connectivity index (χ4v) is 6.71. The molecule has 0 aromatic heterocycles. The summed E-state index contributed by atoms with van der Waals surface area (Å²) in [7, 11) is -2.14. The molecule has 1 N–H and O–H groups in total. The maximum absolute atomic E-state index is 13.1. The highest BCUT2D eigenvalue weighted by Crippen LogP contribution is 2.39. The molecule has 3 fully saturated rings. The molecule has 1 aromatic rings. The zero-order chi connectivity index (χ0) is 22.9.